The summed E-state index contributed by atoms with van der Waals surface area (Å²) in [5.74, 6) is -5.17. The van der Waals surface area contributed by atoms with Crippen LogP contribution in [0.1, 0.15) is 0 Å². The predicted octanol–water partition coefficient (Wildman–Crippen LogP) is 1.76. The fourth-order valence-electron chi connectivity index (χ4n) is 2.03. The van der Waals surface area contributed by atoms with Crippen LogP contribution in [0.4, 0.5) is 26.3 Å². The molecular formula is C10H13F6NO3. The second-order valence-electron chi connectivity index (χ2n) is 4.52. The highest BCUT2D eigenvalue weighted by molar-refractivity contribution is 5.71. The average Bonchev–Trinajstić information content (AvgIpc) is 2.67. The van der Waals surface area contributed by atoms with Crippen molar-refractivity contribution in [2.75, 3.05) is 32.8 Å². The van der Waals surface area contributed by atoms with E-state index < -0.39 is 49.9 Å². The summed E-state index contributed by atoms with van der Waals surface area (Å²) in [6.07, 6.45) is -9.15. The third kappa shape index (κ3) is 5.16. The molecule has 0 bridgehead atoms. The Morgan fingerprint density at radius 2 is 1.80 bits per heavy atom. The van der Waals surface area contributed by atoms with Crippen molar-refractivity contribution in [1.29, 1.82) is 0 Å². The first-order valence-electron chi connectivity index (χ1n) is 5.67. The predicted molar refractivity (Wildman–Crippen MR) is 54.0 cm³/mol. The molecule has 1 fully saturated rings. The SMILES string of the molecule is O=C(O)[C@@H]1CN(CCOCC(F)(F)F)C[C@H]1C(F)(F)F. The largest absolute Gasteiger partial charge is 0.481 e. The van der Waals surface area contributed by atoms with Crippen molar-refractivity contribution in [3.05, 3.63) is 0 Å². The van der Waals surface area contributed by atoms with Gasteiger partial charge in [-0.3, -0.25) is 9.69 Å². The van der Waals surface area contributed by atoms with Gasteiger partial charge < -0.3 is 9.84 Å². The molecule has 2 atom stereocenters. The van der Waals surface area contributed by atoms with E-state index >= 15 is 0 Å². The van der Waals surface area contributed by atoms with Crippen LogP contribution >= 0.6 is 0 Å². The second kappa shape index (κ2) is 6.17. The number of halogens is 6. The number of nitrogens with zero attached hydrogens (tertiary/aromatic N) is 1. The van der Waals surface area contributed by atoms with Gasteiger partial charge in [0.05, 0.1) is 18.4 Å². The van der Waals surface area contributed by atoms with Gasteiger partial charge in [-0.05, 0) is 0 Å². The van der Waals surface area contributed by atoms with Crippen molar-refractivity contribution >= 4 is 5.97 Å². The lowest BCUT2D eigenvalue weighted by molar-refractivity contribution is -0.188. The van der Waals surface area contributed by atoms with Gasteiger partial charge in [0.1, 0.15) is 6.61 Å². The number of aliphatic carboxylic acids is 1. The number of likely N-dealkylation sites (tertiary alicyclic amines) is 1. The number of carboxylic acid groups (broad SMARTS) is 1. The lowest BCUT2D eigenvalue weighted by Gasteiger charge is -2.18. The smallest absolute Gasteiger partial charge is 0.411 e. The third-order valence-electron chi connectivity index (χ3n) is 2.95. The lowest BCUT2D eigenvalue weighted by atomic mass is 9.96. The Balaban J connectivity index is 2.45. The highest BCUT2D eigenvalue weighted by Crippen LogP contribution is 2.37. The summed E-state index contributed by atoms with van der Waals surface area (Å²) >= 11 is 0. The molecule has 0 radical (unpaired) electrons. The summed E-state index contributed by atoms with van der Waals surface area (Å²) in [4.78, 5) is 11.9. The van der Waals surface area contributed by atoms with Gasteiger partial charge in [-0.1, -0.05) is 0 Å². The van der Waals surface area contributed by atoms with E-state index in [2.05, 4.69) is 4.74 Å². The average molecular weight is 309 g/mol. The molecule has 4 nitrogen and oxygen atoms in total. The molecule has 118 valence electrons. The summed E-state index contributed by atoms with van der Waals surface area (Å²) in [7, 11) is 0. The minimum absolute atomic E-state index is 0.174. The lowest BCUT2D eigenvalue weighted by Crippen LogP contribution is -2.33. The zero-order valence-electron chi connectivity index (χ0n) is 10.2. The normalized spacial score (nSPS) is 25.1. The van der Waals surface area contributed by atoms with E-state index in [0.29, 0.717) is 0 Å². The maximum absolute atomic E-state index is 12.6. The Bertz CT molecular complexity index is 343. The van der Waals surface area contributed by atoms with Gasteiger partial charge in [-0.25, -0.2) is 0 Å². The minimum atomic E-state index is -4.65. The number of hydrogen-bond acceptors (Lipinski definition) is 3. The van der Waals surface area contributed by atoms with E-state index in [9.17, 15) is 31.1 Å². The van der Waals surface area contributed by atoms with Crippen LogP contribution in [0.25, 0.3) is 0 Å². The molecule has 0 unspecified atom stereocenters. The van der Waals surface area contributed by atoms with Gasteiger partial charge in [0.25, 0.3) is 0 Å². The molecule has 0 aliphatic carbocycles. The highest BCUT2D eigenvalue weighted by atomic mass is 19.4. The van der Waals surface area contributed by atoms with Crippen molar-refractivity contribution in [2.24, 2.45) is 11.8 Å². The molecule has 0 aromatic rings. The first kappa shape index (κ1) is 17.0. The van der Waals surface area contributed by atoms with Crippen LogP contribution in [0.3, 0.4) is 0 Å². The molecule has 20 heavy (non-hydrogen) atoms. The van der Waals surface area contributed by atoms with Crippen molar-refractivity contribution in [3.8, 4) is 0 Å². The molecule has 1 aliphatic rings. The molecule has 1 aliphatic heterocycles. The first-order chi connectivity index (χ1) is 9.00. The van der Waals surface area contributed by atoms with E-state index in [4.69, 9.17) is 5.11 Å². The van der Waals surface area contributed by atoms with Crippen molar-refractivity contribution in [3.63, 3.8) is 0 Å². The Labute approximate surface area is 110 Å². The van der Waals surface area contributed by atoms with Gasteiger partial charge in [-0.15, -0.1) is 0 Å². The first-order valence-corrected chi connectivity index (χ1v) is 5.67. The number of ether oxygens (including phenoxy) is 1. The third-order valence-corrected chi connectivity index (χ3v) is 2.95. The molecule has 1 heterocycles. The summed E-state index contributed by atoms with van der Waals surface area (Å²) in [6, 6.07) is 0. The number of rotatable bonds is 5. The van der Waals surface area contributed by atoms with Crippen molar-refractivity contribution < 1.29 is 41.0 Å². The van der Waals surface area contributed by atoms with Crippen molar-refractivity contribution in [1.82, 2.24) is 4.90 Å². The number of carbonyl (C=O) groups is 1. The van der Waals surface area contributed by atoms with E-state index in [0.717, 1.165) is 4.90 Å². The molecule has 10 heteroatoms. The van der Waals surface area contributed by atoms with E-state index in [1.165, 1.54) is 0 Å². The van der Waals surface area contributed by atoms with Gasteiger partial charge in [0.15, 0.2) is 0 Å². The Hall–Kier alpha value is -1.03. The molecule has 0 aromatic carbocycles. The quantitative estimate of drug-likeness (QED) is 0.621. The van der Waals surface area contributed by atoms with Crippen LogP contribution in [-0.4, -0.2) is 61.2 Å². The number of alkyl halides is 6. The Kier molecular flexibility index (Phi) is 5.25. The van der Waals surface area contributed by atoms with Gasteiger partial charge >= 0.3 is 18.3 Å². The molecular weight excluding hydrogens is 296 g/mol. The maximum atomic E-state index is 12.6. The summed E-state index contributed by atoms with van der Waals surface area (Å²) in [5.41, 5.74) is 0. The highest BCUT2D eigenvalue weighted by Gasteiger charge is 2.52. The molecule has 0 aromatic heterocycles. The van der Waals surface area contributed by atoms with Crippen LogP contribution < -0.4 is 0 Å². The minimum Gasteiger partial charge on any atom is -0.481 e. The maximum Gasteiger partial charge on any atom is 0.411 e. The van der Waals surface area contributed by atoms with Gasteiger partial charge in [0.2, 0.25) is 0 Å². The van der Waals surface area contributed by atoms with E-state index in [1.807, 2.05) is 0 Å². The zero-order chi connectivity index (χ0) is 15.6. The van der Waals surface area contributed by atoms with Crippen LogP contribution in [0.5, 0.6) is 0 Å². The molecule has 0 spiro atoms. The second-order valence-corrected chi connectivity index (χ2v) is 4.52. The topological polar surface area (TPSA) is 49.8 Å². The van der Waals surface area contributed by atoms with Gasteiger partial charge in [0, 0.05) is 19.6 Å². The van der Waals surface area contributed by atoms with Crippen LogP contribution in [0.2, 0.25) is 0 Å². The Morgan fingerprint density at radius 1 is 1.20 bits per heavy atom. The molecule has 1 N–H and O–H groups in total. The summed E-state index contributed by atoms with van der Waals surface area (Å²) in [6.45, 7) is -2.96. The summed E-state index contributed by atoms with van der Waals surface area (Å²) < 4.78 is 77.5. The standard InChI is InChI=1S/C10H13F6NO3/c11-9(12,13)5-20-2-1-17-3-6(8(18)19)7(4-17)10(14,15)16/h6-7H,1-5H2,(H,18,19)/t6-,7-/m1/s1. The molecule has 1 saturated heterocycles. The fraction of sp³-hybridized carbons (Fsp3) is 0.900. The van der Waals surface area contributed by atoms with E-state index in [-0.39, 0.29) is 13.1 Å². The zero-order valence-corrected chi connectivity index (χ0v) is 10.2. The molecule has 0 saturated carbocycles. The number of carboxylic acids is 1. The summed E-state index contributed by atoms with van der Waals surface area (Å²) in [5, 5.41) is 8.74. The van der Waals surface area contributed by atoms with Crippen LogP contribution in [-0.2, 0) is 9.53 Å². The fourth-order valence-corrected chi connectivity index (χ4v) is 2.03. The molecule has 0 amide bonds. The molecule has 1 rings (SSSR count). The monoisotopic (exact) mass is 309 g/mol. The van der Waals surface area contributed by atoms with Crippen LogP contribution in [0, 0.1) is 11.8 Å². The van der Waals surface area contributed by atoms with Crippen molar-refractivity contribution in [2.45, 2.75) is 12.4 Å². The van der Waals surface area contributed by atoms with Crippen LogP contribution in [0.15, 0.2) is 0 Å². The Morgan fingerprint density at radius 3 is 2.20 bits per heavy atom. The van der Waals surface area contributed by atoms with E-state index in [1.54, 1.807) is 0 Å². The number of hydrogen-bond donors (Lipinski definition) is 1. The van der Waals surface area contributed by atoms with Gasteiger partial charge in [-0.2, -0.15) is 26.3 Å².